The Morgan fingerprint density at radius 2 is 2.21 bits per heavy atom. The van der Waals surface area contributed by atoms with Gasteiger partial charge in [0.05, 0.1) is 11.6 Å². The minimum Gasteiger partial charge on any atom is -0.389 e. The second kappa shape index (κ2) is 5.63. The van der Waals surface area contributed by atoms with E-state index in [1.165, 1.54) is 0 Å². The third kappa shape index (κ3) is 3.08. The SMILES string of the molecule is Cc1csc(C(C)Nc2nccc(C)c2C(N)=S)n1. The largest absolute Gasteiger partial charge is 0.389 e. The van der Waals surface area contributed by atoms with Crippen LogP contribution in [0.25, 0.3) is 0 Å². The number of pyridine rings is 1. The van der Waals surface area contributed by atoms with E-state index in [2.05, 4.69) is 15.3 Å². The van der Waals surface area contributed by atoms with Gasteiger partial charge in [0.2, 0.25) is 0 Å². The number of anilines is 1. The lowest BCUT2D eigenvalue weighted by atomic mass is 10.1. The first kappa shape index (κ1) is 13.9. The Balaban J connectivity index is 2.28. The molecule has 2 aromatic rings. The lowest BCUT2D eigenvalue weighted by Gasteiger charge is -2.16. The van der Waals surface area contributed by atoms with Gasteiger partial charge in [0.15, 0.2) is 0 Å². The van der Waals surface area contributed by atoms with E-state index < -0.39 is 0 Å². The number of hydrogen-bond donors (Lipinski definition) is 2. The fraction of sp³-hybridized carbons (Fsp3) is 0.308. The van der Waals surface area contributed by atoms with Crippen molar-refractivity contribution < 1.29 is 0 Å². The lowest BCUT2D eigenvalue weighted by Crippen LogP contribution is -2.17. The number of aromatic nitrogens is 2. The lowest BCUT2D eigenvalue weighted by molar-refractivity contribution is 0.854. The molecule has 2 heterocycles. The number of rotatable bonds is 4. The maximum absolute atomic E-state index is 5.77. The summed E-state index contributed by atoms with van der Waals surface area (Å²) in [6, 6.07) is 1.97. The van der Waals surface area contributed by atoms with Crippen LogP contribution in [0.3, 0.4) is 0 Å². The molecule has 0 bridgehead atoms. The predicted octanol–water partition coefficient (Wildman–Crippen LogP) is 2.96. The first-order valence-electron chi connectivity index (χ1n) is 5.93. The second-order valence-corrected chi connectivity index (χ2v) is 5.74. The highest BCUT2D eigenvalue weighted by molar-refractivity contribution is 7.80. The third-order valence-electron chi connectivity index (χ3n) is 2.77. The zero-order valence-electron chi connectivity index (χ0n) is 11.1. The van der Waals surface area contributed by atoms with Crippen molar-refractivity contribution in [3.8, 4) is 0 Å². The molecular formula is C13H16N4S2. The van der Waals surface area contributed by atoms with Crippen molar-refractivity contribution in [1.82, 2.24) is 9.97 Å². The summed E-state index contributed by atoms with van der Waals surface area (Å²) in [6.45, 7) is 6.00. The van der Waals surface area contributed by atoms with Gasteiger partial charge in [-0.1, -0.05) is 12.2 Å². The molecule has 0 fully saturated rings. The summed E-state index contributed by atoms with van der Waals surface area (Å²) in [5.74, 6) is 0.716. The van der Waals surface area contributed by atoms with Gasteiger partial charge in [0.1, 0.15) is 15.8 Å². The highest BCUT2D eigenvalue weighted by atomic mass is 32.1. The quantitative estimate of drug-likeness (QED) is 0.848. The normalized spacial score (nSPS) is 12.2. The zero-order valence-corrected chi connectivity index (χ0v) is 12.7. The second-order valence-electron chi connectivity index (χ2n) is 4.41. The van der Waals surface area contributed by atoms with Crippen molar-refractivity contribution in [1.29, 1.82) is 0 Å². The number of nitrogens with two attached hydrogens (primary N) is 1. The molecule has 1 unspecified atom stereocenters. The summed E-state index contributed by atoms with van der Waals surface area (Å²) in [5.41, 5.74) is 8.62. The maximum Gasteiger partial charge on any atom is 0.137 e. The highest BCUT2D eigenvalue weighted by Crippen LogP contribution is 2.24. The van der Waals surface area contributed by atoms with Gasteiger partial charge in [0, 0.05) is 17.3 Å². The fourth-order valence-corrected chi connectivity index (χ4v) is 2.88. The summed E-state index contributed by atoms with van der Waals surface area (Å²) >= 11 is 6.73. The zero-order chi connectivity index (χ0) is 14.0. The molecule has 0 aromatic carbocycles. The summed E-state index contributed by atoms with van der Waals surface area (Å²) < 4.78 is 0. The highest BCUT2D eigenvalue weighted by Gasteiger charge is 2.15. The fourth-order valence-electron chi connectivity index (χ4n) is 1.82. The van der Waals surface area contributed by atoms with Gasteiger partial charge < -0.3 is 11.1 Å². The Morgan fingerprint density at radius 1 is 1.47 bits per heavy atom. The van der Waals surface area contributed by atoms with Crippen LogP contribution in [0.1, 0.15) is 34.8 Å². The van der Waals surface area contributed by atoms with Crippen molar-refractivity contribution in [2.24, 2.45) is 5.73 Å². The topological polar surface area (TPSA) is 63.8 Å². The van der Waals surface area contributed by atoms with E-state index in [0.717, 1.165) is 21.8 Å². The van der Waals surface area contributed by atoms with Crippen LogP contribution in [0.4, 0.5) is 5.82 Å². The van der Waals surface area contributed by atoms with E-state index in [1.54, 1.807) is 17.5 Å². The number of nitrogens with zero attached hydrogens (tertiary/aromatic N) is 2. The average Bonchev–Trinajstić information content (AvgIpc) is 2.75. The molecule has 19 heavy (non-hydrogen) atoms. The number of aryl methyl sites for hydroxylation is 2. The summed E-state index contributed by atoms with van der Waals surface area (Å²) in [5, 5.41) is 6.39. The Bertz CT molecular complexity index is 606. The minimum absolute atomic E-state index is 0.0705. The number of hydrogen-bond acceptors (Lipinski definition) is 5. The molecule has 6 heteroatoms. The van der Waals surface area contributed by atoms with Crippen LogP contribution < -0.4 is 11.1 Å². The number of thiazole rings is 1. The van der Waals surface area contributed by atoms with Crippen molar-refractivity contribution in [2.45, 2.75) is 26.8 Å². The van der Waals surface area contributed by atoms with Gasteiger partial charge in [0.25, 0.3) is 0 Å². The van der Waals surface area contributed by atoms with Gasteiger partial charge in [-0.2, -0.15) is 0 Å². The predicted molar refractivity (Wildman–Crippen MR) is 83.8 cm³/mol. The molecule has 0 radical (unpaired) electrons. The van der Waals surface area contributed by atoms with E-state index in [1.807, 2.05) is 32.2 Å². The van der Waals surface area contributed by atoms with Crippen LogP contribution in [-0.4, -0.2) is 15.0 Å². The van der Waals surface area contributed by atoms with E-state index >= 15 is 0 Å². The van der Waals surface area contributed by atoms with Gasteiger partial charge in [-0.15, -0.1) is 11.3 Å². The molecule has 0 spiro atoms. The van der Waals surface area contributed by atoms with Gasteiger partial charge in [-0.3, -0.25) is 0 Å². The molecule has 1 atom stereocenters. The molecule has 0 saturated carbocycles. The first-order chi connectivity index (χ1) is 8.99. The van der Waals surface area contributed by atoms with Gasteiger partial charge in [-0.25, -0.2) is 9.97 Å². The standard InChI is InChI=1S/C13H16N4S2/c1-7-4-5-15-12(10(7)11(14)18)17-9(3)13-16-8(2)6-19-13/h4-6,9H,1-3H3,(H2,14,18)(H,15,17). The molecule has 4 nitrogen and oxygen atoms in total. The molecule has 2 rings (SSSR count). The maximum atomic E-state index is 5.77. The average molecular weight is 292 g/mol. The number of nitrogens with one attached hydrogen (secondary N) is 1. The van der Waals surface area contributed by atoms with E-state index in [-0.39, 0.29) is 6.04 Å². The summed E-state index contributed by atoms with van der Waals surface area (Å²) in [4.78, 5) is 9.16. The third-order valence-corrected chi connectivity index (χ3v) is 4.12. The van der Waals surface area contributed by atoms with Crippen LogP contribution in [-0.2, 0) is 0 Å². The minimum atomic E-state index is 0.0705. The van der Waals surface area contributed by atoms with E-state index in [0.29, 0.717) is 10.8 Å². The molecule has 0 aliphatic heterocycles. The molecule has 0 saturated heterocycles. The summed E-state index contributed by atoms with van der Waals surface area (Å²) in [6.07, 6.45) is 1.75. The van der Waals surface area contributed by atoms with Crippen LogP contribution in [0.15, 0.2) is 17.6 Å². The Morgan fingerprint density at radius 3 is 2.79 bits per heavy atom. The Kier molecular flexibility index (Phi) is 4.11. The monoisotopic (exact) mass is 292 g/mol. The van der Waals surface area contributed by atoms with Crippen LogP contribution in [0.5, 0.6) is 0 Å². The van der Waals surface area contributed by atoms with Crippen molar-refractivity contribution in [2.75, 3.05) is 5.32 Å². The molecule has 0 aliphatic carbocycles. The van der Waals surface area contributed by atoms with Crippen LogP contribution >= 0.6 is 23.6 Å². The molecule has 2 aromatic heterocycles. The summed E-state index contributed by atoms with van der Waals surface area (Å²) in [7, 11) is 0. The van der Waals surface area contributed by atoms with Crippen molar-refractivity contribution >= 4 is 34.4 Å². The van der Waals surface area contributed by atoms with Gasteiger partial charge in [-0.05, 0) is 32.4 Å². The molecule has 0 aliphatic rings. The van der Waals surface area contributed by atoms with Crippen LogP contribution in [0.2, 0.25) is 0 Å². The molecular weight excluding hydrogens is 276 g/mol. The Hall–Kier alpha value is -1.53. The smallest absolute Gasteiger partial charge is 0.137 e. The van der Waals surface area contributed by atoms with Crippen molar-refractivity contribution in [3.63, 3.8) is 0 Å². The van der Waals surface area contributed by atoms with Crippen LogP contribution in [0, 0.1) is 13.8 Å². The molecule has 3 N–H and O–H groups in total. The molecule has 0 amide bonds. The van der Waals surface area contributed by atoms with E-state index in [9.17, 15) is 0 Å². The Labute approximate surface area is 122 Å². The first-order valence-corrected chi connectivity index (χ1v) is 7.21. The van der Waals surface area contributed by atoms with Crippen molar-refractivity contribution in [3.05, 3.63) is 39.5 Å². The molecule has 100 valence electrons. The number of thiocarbonyl (C=S) groups is 1. The van der Waals surface area contributed by atoms with Gasteiger partial charge >= 0.3 is 0 Å². The van der Waals surface area contributed by atoms with E-state index in [4.69, 9.17) is 18.0 Å².